The lowest BCUT2D eigenvalue weighted by Gasteiger charge is -2.30. The summed E-state index contributed by atoms with van der Waals surface area (Å²) < 4.78 is 0. The van der Waals surface area contributed by atoms with Gasteiger partial charge < -0.3 is 5.32 Å². The normalized spacial score (nSPS) is 21.6. The van der Waals surface area contributed by atoms with E-state index in [0.717, 1.165) is 12.0 Å². The van der Waals surface area contributed by atoms with E-state index < -0.39 is 0 Å². The molecule has 1 saturated heterocycles. The minimum absolute atomic E-state index is 0.917. The van der Waals surface area contributed by atoms with Gasteiger partial charge in [0.25, 0.3) is 0 Å². The van der Waals surface area contributed by atoms with Crippen molar-refractivity contribution in [2.24, 2.45) is 5.92 Å². The van der Waals surface area contributed by atoms with Gasteiger partial charge in [-0.05, 0) is 62.6 Å². The van der Waals surface area contributed by atoms with Gasteiger partial charge in [-0.25, -0.2) is 0 Å². The summed E-state index contributed by atoms with van der Waals surface area (Å²) in [5.41, 5.74) is 0. The fourth-order valence-electron chi connectivity index (χ4n) is 2.97. The molecule has 1 aliphatic carbocycles. The maximum atomic E-state index is 3.47. The predicted octanol–water partition coefficient (Wildman–Crippen LogP) is 2.75. The van der Waals surface area contributed by atoms with Crippen LogP contribution in [0.15, 0.2) is 17.5 Å². The van der Waals surface area contributed by atoms with Gasteiger partial charge in [0.05, 0.1) is 0 Å². The van der Waals surface area contributed by atoms with Crippen molar-refractivity contribution in [2.75, 3.05) is 26.2 Å². The van der Waals surface area contributed by atoms with E-state index in [0.29, 0.717) is 0 Å². The van der Waals surface area contributed by atoms with Crippen molar-refractivity contribution in [3.05, 3.63) is 22.4 Å². The van der Waals surface area contributed by atoms with Crippen molar-refractivity contribution in [3.63, 3.8) is 0 Å². The van der Waals surface area contributed by atoms with E-state index in [1.807, 2.05) is 11.3 Å². The molecule has 0 atom stereocenters. The van der Waals surface area contributed by atoms with Crippen LogP contribution in [-0.2, 0) is 6.42 Å². The quantitative estimate of drug-likeness (QED) is 0.850. The summed E-state index contributed by atoms with van der Waals surface area (Å²) in [6, 6.07) is 5.37. The summed E-state index contributed by atoms with van der Waals surface area (Å²) in [6.45, 7) is 5.08. The fourth-order valence-corrected chi connectivity index (χ4v) is 3.67. The maximum Gasteiger partial charge on any atom is 0.00966 e. The Balaban J connectivity index is 1.48. The first-order valence-electron chi connectivity index (χ1n) is 7.39. The Morgan fingerprint density at radius 1 is 1.22 bits per heavy atom. The molecule has 1 aromatic heterocycles. The predicted molar refractivity (Wildman–Crippen MR) is 78.2 cm³/mol. The number of hydrogen-bond acceptors (Lipinski definition) is 3. The van der Waals surface area contributed by atoms with Crippen LogP contribution in [0.25, 0.3) is 0 Å². The number of nitrogens with zero attached hydrogens (tertiary/aromatic N) is 1. The van der Waals surface area contributed by atoms with Crippen molar-refractivity contribution < 1.29 is 0 Å². The van der Waals surface area contributed by atoms with Crippen LogP contribution >= 0.6 is 11.3 Å². The second kappa shape index (κ2) is 6.18. The Kier molecular flexibility index (Phi) is 4.34. The van der Waals surface area contributed by atoms with Crippen LogP contribution in [0.3, 0.4) is 0 Å². The fraction of sp³-hybridized carbons (Fsp3) is 0.733. The van der Waals surface area contributed by atoms with Gasteiger partial charge in [-0.3, -0.25) is 4.90 Å². The molecule has 0 spiro atoms. The smallest absolute Gasteiger partial charge is 0.00966 e. The maximum absolute atomic E-state index is 3.47. The lowest BCUT2D eigenvalue weighted by molar-refractivity contribution is 0.199. The highest BCUT2D eigenvalue weighted by Gasteiger charge is 2.30. The molecule has 0 radical (unpaired) electrons. The van der Waals surface area contributed by atoms with E-state index in [-0.39, 0.29) is 0 Å². The lowest BCUT2D eigenvalue weighted by atomic mass is 9.97. The Bertz CT molecular complexity index is 339. The summed E-state index contributed by atoms with van der Waals surface area (Å²) in [5.74, 6) is 0.940. The highest BCUT2D eigenvalue weighted by molar-refractivity contribution is 7.09. The number of piperidine rings is 1. The van der Waals surface area contributed by atoms with E-state index in [1.165, 1.54) is 58.3 Å². The van der Waals surface area contributed by atoms with Crippen LogP contribution in [0.4, 0.5) is 0 Å². The molecule has 1 saturated carbocycles. The van der Waals surface area contributed by atoms with Crippen molar-refractivity contribution in [3.8, 4) is 0 Å². The largest absolute Gasteiger partial charge is 0.317 e. The molecule has 2 nitrogen and oxygen atoms in total. The molecule has 2 aliphatic rings. The minimum Gasteiger partial charge on any atom is -0.317 e. The summed E-state index contributed by atoms with van der Waals surface area (Å²) >= 11 is 1.91. The first-order chi connectivity index (χ1) is 8.92. The zero-order valence-corrected chi connectivity index (χ0v) is 11.9. The van der Waals surface area contributed by atoms with Crippen molar-refractivity contribution in [2.45, 2.75) is 38.1 Å². The molecule has 0 unspecified atom stereocenters. The van der Waals surface area contributed by atoms with Gasteiger partial charge in [0.15, 0.2) is 0 Å². The van der Waals surface area contributed by atoms with Gasteiger partial charge >= 0.3 is 0 Å². The molecule has 3 rings (SSSR count). The summed E-state index contributed by atoms with van der Waals surface area (Å²) in [5, 5.41) is 5.67. The highest BCUT2D eigenvalue weighted by Crippen LogP contribution is 2.29. The van der Waals surface area contributed by atoms with Crippen molar-refractivity contribution in [1.29, 1.82) is 0 Å². The van der Waals surface area contributed by atoms with E-state index in [2.05, 4.69) is 27.7 Å². The zero-order valence-electron chi connectivity index (χ0n) is 11.1. The number of nitrogens with one attached hydrogen (secondary N) is 1. The molecule has 18 heavy (non-hydrogen) atoms. The molecule has 0 aromatic carbocycles. The molecule has 3 heteroatoms. The first-order valence-corrected chi connectivity index (χ1v) is 8.27. The van der Waals surface area contributed by atoms with Crippen LogP contribution in [-0.4, -0.2) is 37.1 Å². The second-order valence-electron chi connectivity index (χ2n) is 5.75. The third kappa shape index (κ3) is 3.56. The lowest BCUT2D eigenvalue weighted by Crippen LogP contribution is -2.38. The van der Waals surface area contributed by atoms with Gasteiger partial charge in [-0.2, -0.15) is 0 Å². The molecule has 2 heterocycles. The summed E-state index contributed by atoms with van der Waals surface area (Å²) in [6.07, 6.45) is 6.88. The summed E-state index contributed by atoms with van der Waals surface area (Å²) in [4.78, 5) is 4.32. The van der Waals surface area contributed by atoms with Crippen LogP contribution in [0, 0.1) is 5.92 Å². The van der Waals surface area contributed by atoms with Gasteiger partial charge in [0.1, 0.15) is 0 Å². The van der Waals surface area contributed by atoms with Crippen molar-refractivity contribution in [1.82, 2.24) is 10.2 Å². The van der Waals surface area contributed by atoms with Gasteiger partial charge in [-0.1, -0.05) is 6.07 Å². The van der Waals surface area contributed by atoms with Crippen LogP contribution < -0.4 is 5.32 Å². The van der Waals surface area contributed by atoms with Gasteiger partial charge in [0, 0.05) is 24.0 Å². The first kappa shape index (κ1) is 12.6. The molecule has 1 aromatic rings. The van der Waals surface area contributed by atoms with E-state index in [9.17, 15) is 0 Å². The molecular formula is C15H24N2S. The molecule has 0 amide bonds. The average Bonchev–Trinajstić information content (AvgIpc) is 3.12. The second-order valence-corrected chi connectivity index (χ2v) is 6.78. The Hall–Kier alpha value is -0.380. The molecule has 1 aliphatic heterocycles. The molecular weight excluding hydrogens is 240 g/mol. The van der Waals surface area contributed by atoms with Gasteiger partial charge in [0.2, 0.25) is 0 Å². The zero-order chi connectivity index (χ0) is 12.2. The van der Waals surface area contributed by atoms with Crippen LogP contribution in [0.1, 0.15) is 30.6 Å². The van der Waals surface area contributed by atoms with Crippen LogP contribution in [0.5, 0.6) is 0 Å². The molecule has 100 valence electrons. The third-order valence-corrected chi connectivity index (χ3v) is 5.18. The van der Waals surface area contributed by atoms with Crippen LogP contribution in [0.2, 0.25) is 0 Å². The molecule has 2 fully saturated rings. The van der Waals surface area contributed by atoms with E-state index in [4.69, 9.17) is 0 Å². The highest BCUT2D eigenvalue weighted by atomic mass is 32.1. The number of rotatable bonds is 6. The third-order valence-electron chi connectivity index (χ3n) is 4.24. The van der Waals surface area contributed by atoms with Crippen molar-refractivity contribution >= 4 is 11.3 Å². The molecule has 0 bridgehead atoms. The number of hydrogen-bond donors (Lipinski definition) is 1. The minimum atomic E-state index is 0.917. The van der Waals surface area contributed by atoms with E-state index >= 15 is 0 Å². The Morgan fingerprint density at radius 2 is 2.06 bits per heavy atom. The monoisotopic (exact) mass is 264 g/mol. The van der Waals surface area contributed by atoms with Gasteiger partial charge in [-0.15, -0.1) is 11.3 Å². The Morgan fingerprint density at radius 3 is 2.72 bits per heavy atom. The standard InChI is InChI=1S/C15H24N2S/c1-2-15(18-11-1)7-10-17(14-3-4-14)12-13-5-8-16-9-6-13/h1-2,11,13-14,16H,3-10,12H2. The Labute approximate surface area is 114 Å². The molecule has 1 N–H and O–H groups in total. The summed E-state index contributed by atoms with van der Waals surface area (Å²) in [7, 11) is 0. The number of thiophene rings is 1. The average molecular weight is 264 g/mol. The SMILES string of the molecule is c1csc(CCN(CC2CCNCC2)C2CC2)c1. The van der Waals surface area contributed by atoms with E-state index in [1.54, 1.807) is 4.88 Å². The topological polar surface area (TPSA) is 15.3 Å².